The number of benzene rings is 1. The van der Waals surface area contributed by atoms with E-state index in [9.17, 15) is 4.79 Å². The Labute approximate surface area is 139 Å². The molecule has 1 aromatic carbocycles. The first kappa shape index (κ1) is 16.8. The van der Waals surface area contributed by atoms with Gasteiger partial charge in [-0.1, -0.05) is 28.4 Å². The summed E-state index contributed by atoms with van der Waals surface area (Å²) < 4.78 is 5.12. The molecule has 0 aliphatic heterocycles. The molecule has 1 heterocycles. The number of nitrogens with zero attached hydrogens (tertiary/aromatic N) is 2. The topological polar surface area (TPSA) is 58.4 Å². The Balaban J connectivity index is 1.92. The van der Waals surface area contributed by atoms with Gasteiger partial charge < -0.3 is 9.84 Å². The highest BCUT2D eigenvalue weighted by atomic mass is 35.5. The van der Waals surface area contributed by atoms with Crippen molar-refractivity contribution in [3.63, 3.8) is 0 Å². The lowest BCUT2D eigenvalue weighted by Gasteiger charge is -2.16. The van der Waals surface area contributed by atoms with E-state index in [-0.39, 0.29) is 12.5 Å². The van der Waals surface area contributed by atoms with Crippen LogP contribution in [0.2, 0.25) is 10.0 Å². The predicted octanol–water partition coefficient (Wildman–Crippen LogP) is 3.67. The largest absolute Gasteiger partial charge is 0.361 e. The molecule has 118 valence electrons. The highest BCUT2D eigenvalue weighted by Gasteiger charge is 2.14. The molecule has 2 rings (SSSR count). The zero-order valence-electron chi connectivity index (χ0n) is 12.6. The Morgan fingerprint density at radius 3 is 2.64 bits per heavy atom. The first-order valence-corrected chi connectivity index (χ1v) is 7.47. The van der Waals surface area contributed by atoms with Crippen molar-refractivity contribution in [2.45, 2.75) is 20.4 Å². The van der Waals surface area contributed by atoms with E-state index in [1.54, 1.807) is 18.2 Å². The first-order valence-electron chi connectivity index (χ1n) is 6.72. The summed E-state index contributed by atoms with van der Waals surface area (Å²) in [5.41, 5.74) is 2.46. The maximum Gasteiger partial charge on any atom is 0.238 e. The Morgan fingerprint density at radius 1 is 1.32 bits per heavy atom. The summed E-state index contributed by atoms with van der Waals surface area (Å²) in [6, 6.07) is 4.98. The van der Waals surface area contributed by atoms with Crippen LogP contribution in [0.3, 0.4) is 0 Å². The van der Waals surface area contributed by atoms with E-state index in [1.807, 2.05) is 25.8 Å². The minimum atomic E-state index is -0.132. The van der Waals surface area contributed by atoms with Crippen LogP contribution in [0.15, 0.2) is 22.7 Å². The van der Waals surface area contributed by atoms with Gasteiger partial charge in [0.25, 0.3) is 0 Å². The smallest absolute Gasteiger partial charge is 0.238 e. The monoisotopic (exact) mass is 341 g/mol. The van der Waals surface area contributed by atoms with E-state index in [0.29, 0.717) is 22.3 Å². The minimum absolute atomic E-state index is 0.132. The summed E-state index contributed by atoms with van der Waals surface area (Å²) >= 11 is 11.8. The van der Waals surface area contributed by atoms with Crippen molar-refractivity contribution >= 4 is 34.8 Å². The van der Waals surface area contributed by atoms with Crippen molar-refractivity contribution in [3.8, 4) is 0 Å². The van der Waals surface area contributed by atoms with Gasteiger partial charge in [0, 0.05) is 17.8 Å². The fourth-order valence-electron chi connectivity index (χ4n) is 2.07. The van der Waals surface area contributed by atoms with Crippen LogP contribution >= 0.6 is 23.2 Å². The second-order valence-electron chi connectivity index (χ2n) is 5.15. The van der Waals surface area contributed by atoms with Gasteiger partial charge in [-0.05, 0) is 39.1 Å². The lowest BCUT2D eigenvalue weighted by atomic mass is 10.2. The first-order chi connectivity index (χ1) is 10.4. The fourth-order valence-corrected chi connectivity index (χ4v) is 2.37. The van der Waals surface area contributed by atoms with E-state index in [0.717, 1.165) is 17.0 Å². The normalized spacial score (nSPS) is 11.0. The molecule has 0 spiro atoms. The molecule has 1 aromatic heterocycles. The van der Waals surface area contributed by atoms with E-state index >= 15 is 0 Å². The van der Waals surface area contributed by atoms with Crippen LogP contribution in [0, 0.1) is 13.8 Å². The molecular weight excluding hydrogens is 325 g/mol. The van der Waals surface area contributed by atoms with Gasteiger partial charge in [0.15, 0.2) is 0 Å². The number of aromatic nitrogens is 1. The van der Waals surface area contributed by atoms with Crippen molar-refractivity contribution in [1.82, 2.24) is 10.1 Å². The van der Waals surface area contributed by atoms with Gasteiger partial charge in [-0.15, -0.1) is 0 Å². The molecule has 0 bridgehead atoms. The Morgan fingerprint density at radius 2 is 2.05 bits per heavy atom. The van der Waals surface area contributed by atoms with Crippen molar-refractivity contribution in [2.75, 3.05) is 18.9 Å². The maximum atomic E-state index is 12.0. The molecule has 2 aromatic rings. The third kappa shape index (κ3) is 4.22. The quantitative estimate of drug-likeness (QED) is 0.901. The summed E-state index contributed by atoms with van der Waals surface area (Å²) in [6.45, 7) is 4.58. The number of halogens is 2. The zero-order valence-corrected chi connectivity index (χ0v) is 14.1. The number of likely N-dealkylation sites (N-methyl/N-ethyl adjacent to an activating group) is 1. The van der Waals surface area contributed by atoms with Crippen molar-refractivity contribution in [1.29, 1.82) is 0 Å². The standard InChI is InChI=1S/C15H17Cl2N3O2/c1-9-12(10(2)22-19-9)7-20(3)8-15(21)18-11-4-5-13(16)14(17)6-11/h4-6H,7-8H2,1-3H3,(H,18,21). The number of carbonyl (C=O) groups is 1. The summed E-state index contributed by atoms with van der Waals surface area (Å²) in [7, 11) is 1.86. The van der Waals surface area contributed by atoms with Crippen LogP contribution in [-0.4, -0.2) is 29.6 Å². The van der Waals surface area contributed by atoms with E-state index in [1.165, 1.54) is 0 Å². The zero-order chi connectivity index (χ0) is 16.3. The molecule has 0 saturated carbocycles. The molecule has 22 heavy (non-hydrogen) atoms. The van der Waals surface area contributed by atoms with Gasteiger partial charge in [-0.2, -0.15) is 0 Å². The molecule has 5 nitrogen and oxygen atoms in total. The molecule has 0 atom stereocenters. The highest BCUT2D eigenvalue weighted by molar-refractivity contribution is 6.42. The van der Waals surface area contributed by atoms with Gasteiger partial charge in [0.05, 0.1) is 22.3 Å². The van der Waals surface area contributed by atoms with Crippen LogP contribution in [0.4, 0.5) is 5.69 Å². The number of carbonyl (C=O) groups excluding carboxylic acids is 1. The number of amides is 1. The average Bonchev–Trinajstić information content (AvgIpc) is 2.74. The summed E-state index contributed by atoms with van der Waals surface area (Å²) in [5.74, 6) is 0.641. The van der Waals surface area contributed by atoms with Gasteiger partial charge in [-0.3, -0.25) is 9.69 Å². The van der Waals surface area contributed by atoms with Gasteiger partial charge in [-0.25, -0.2) is 0 Å². The van der Waals surface area contributed by atoms with E-state index < -0.39 is 0 Å². The second-order valence-corrected chi connectivity index (χ2v) is 5.97. The Hall–Kier alpha value is -1.56. The third-order valence-corrected chi connectivity index (χ3v) is 3.97. The number of rotatable bonds is 5. The van der Waals surface area contributed by atoms with E-state index in [2.05, 4.69) is 10.5 Å². The summed E-state index contributed by atoms with van der Waals surface area (Å²) in [5, 5.41) is 7.55. The third-order valence-electron chi connectivity index (χ3n) is 3.23. The van der Waals surface area contributed by atoms with Gasteiger partial charge >= 0.3 is 0 Å². The average molecular weight is 342 g/mol. The fraction of sp³-hybridized carbons (Fsp3) is 0.333. The minimum Gasteiger partial charge on any atom is -0.361 e. The van der Waals surface area contributed by atoms with E-state index in [4.69, 9.17) is 27.7 Å². The SMILES string of the molecule is Cc1noc(C)c1CN(C)CC(=O)Nc1ccc(Cl)c(Cl)c1. The molecule has 0 radical (unpaired) electrons. The van der Waals surface area contributed by atoms with Crippen LogP contribution in [0.5, 0.6) is 0 Å². The maximum absolute atomic E-state index is 12.0. The molecule has 1 amide bonds. The highest BCUT2D eigenvalue weighted by Crippen LogP contribution is 2.25. The van der Waals surface area contributed by atoms with Crippen molar-refractivity contribution < 1.29 is 9.32 Å². The number of nitrogens with one attached hydrogen (secondary N) is 1. The van der Waals surface area contributed by atoms with Crippen molar-refractivity contribution in [3.05, 3.63) is 45.3 Å². The van der Waals surface area contributed by atoms with Crippen LogP contribution < -0.4 is 5.32 Å². The van der Waals surface area contributed by atoms with Gasteiger partial charge in [0.1, 0.15) is 5.76 Å². The number of anilines is 1. The molecule has 0 saturated heterocycles. The van der Waals surface area contributed by atoms with Crippen molar-refractivity contribution in [2.24, 2.45) is 0 Å². The number of hydrogen-bond acceptors (Lipinski definition) is 4. The Kier molecular flexibility index (Phi) is 5.45. The molecular formula is C15H17Cl2N3O2. The van der Waals surface area contributed by atoms with Crippen LogP contribution in [0.1, 0.15) is 17.0 Å². The number of hydrogen-bond donors (Lipinski definition) is 1. The molecule has 0 fully saturated rings. The Bertz CT molecular complexity index is 666. The molecule has 0 aliphatic rings. The number of aryl methyl sites for hydroxylation is 2. The van der Waals surface area contributed by atoms with Gasteiger partial charge in [0.2, 0.25) is 5.91 Å². The molecule has 0 aliphatic carbocycles. The molecule has 0 unspecified atom stereocenters. The summed E-state index contributed by atoms with van der Waals surface area (Å²) in [4.78, 5) is 13.9. The predicted molar refractivity (Wildman–Crippen MR) is 87.4 cm³/mol. The summed E-state index contributed by atoms with van der Waals surface area (Å²) in [6.07, 6.45) is 0. The molecule has 7 heteroatoms. The van der Waals surface area contributed by atoms with Crippen LogP contribution in [-0.2, 0) is 11.3 Å². The van der Waals surface area contributed by atoms with Crippen LogP contribution in [0.25, 0.3) is 0 Å². The lowest BCUT2D eigenvalue weighted by molar-refractivity contribution is -0.117. The molecule has 1 N–H and O–H groups in total. The lowest BCUT2D eigenvalue weighted by Crippen LogP contribution is -2.30. The second kappa shape index (κ2) is 7.13.